The number of hydrogen-bond donors (Lipinski definition) is 2. The van der Waals surface area contributed by atoms with Gasteiger partial charge < -0.3 is 5.73 Å². The molecule has 0 spiro atoms. The van der Waals surface area contributed by atoms with Crippen molar-refractivity contribution in [2.45, 2.75) is 11.8 Å². The van der Waals surface area contributed by atoms with Crippen molar-refractivity contribution in [3.05, 3.63) is 59.4 Å². The summed E-state index contributed by atoms with van der Waals surface area (Å²) in [5.74, 6) is -1.07. The van der Waals surface area contributed by atoms with E-state index >= 15 is 0 Å². The van der Waals surface area contributed by atoms with Crippen LogP contribution >= 0.6 is 0 Å². The Balaban J connectivity index is 2.28. The number of hydrogen-bond acceptors (Lipinski definition) is 3. The van der Waals surface area contributed by atoms with Crippen LogP contribution < -0.4 is 10.5 Å². The summed E-state index contributed by atoms with van der Waals surface area (Å²) in [6.07, 6.45) is 0. The summed E-state index contributed by atoms with van der Waals surface area (Å²) in [6, 6.07) is 9.20. The summed E-state index contributed by atoms with van der Waals surface area (Å²) in [4.78, 5) is 10.9. The van der Waals surface area contributed by atoms with Gasteiger partial charge in [-0.3, -0.25) is 9.52 Å². The van der Waals surface area contributed by atoms with Crippen LogP contribution in [0.3, 0.4) is 0 Å². The zero-order valence-electron chi connectivity index (χ0n) is 11.1. The molecule has 0 saturated carbocycles. The quantitative estimate of drug-likeness (QED) is 0.905. The number of sulfonamides is 1. The Morgan fingerprint density at radius 2 is 1.76 bits per heavy atom. The van der Waals surface area contributed by atoms with Gasteiger partial charge in [0.1, 0.15) is 5.82 Å². The van der Waals surface area contributed by atoms with Crippen molar-refractivity contribution in [2.75, 3.05) is 4.72 Å². The summed E-state index contributed by atoms with van der Waals surface area (Å²) < 4.78 is 39.8. The van der Waals surface area contributed by atoms with Crippen molar-refractivity contribution in [1.29, 1.82) is 0 Å². The number of nitrogens with one attached hydrogen (secondary N) is 1. The second kappa shape index (κ2) is 5.53. The highest BCUT2D eigenvalue weighted by Crippen LogP contribution is 2.18. The molecular formula is C14H13FN2O3S. The SMILES string of the molecule is Cc1cc(S(=O)(=O)Nc2ccc(C(N)=O)cc2)ccc1F. The molecule has 0 aliphatic carbocycles. The van der Waals surface area contributed by atoms with E-state index in [4.69, 9.17) is 5.73 Å². The maximum Gasteiger partial charge on any atom is 0.261 e. The van der Waals surface area contributed by atoms with Crippen LogP contribution in [0.25, 0.3) is 0 Å². The van der Waals surface area contributed by atoms with E-state index in [1.165, 1.54) is 43.3 Å². The van der Waals surface area contributed by atoms with Crippen LogP contribution in [0.15, 0.2) is 47.4 Å². The van der Waals surface area contributed by atoms with Crippen molar-refractivity contribution in [3.8, 4) is 0 Å². The Labute approximate surface area is 121 Å². The Hall–Kier alpha value is -2.41. The molecule has 2 rings (SSSR count). The van der Waals surface area contributed by atoms with Crippen molar-refractivity contribution >= 4 is 21.6 Å². The van der Waals surface area contributed by atoms with Crippen molar-refractivity contribution in [2.24, 2.45) is 5.73 Å². The lowest BCUT2D eigenvalue weighted by atomic mass is 10.2. The monoisotopic (exact) mass is 308 g/mol. The van der Waals surface area contributed by atoms with E-state index in [0.717, 1.165) is 6.07 Å². The van der Waals surface area contributed by atoms with Gasteiger partial charge in [-0.25, -0.2) is 12.8 Å². The Morgan fingerprint density at radius 1 is 1.14 bits per heavy atom. The molecule has 0 heterocycles. The average molecular weight is 308 g/mol. The van der Waals surface area contributed by atoms with Gasteiger partial charge in [-0.2, -0.15) is 0 Å². The molecule has 1 amide bonds. The maximum absolute atomic E-state index is 13.2. The topological polar surface area (TPSA) is 89.3 Å². The minimum atomic E-state index is -3.82. The first-order chi connectivity index (χ1) is 9.79. The molecule has 0 saturated heterocycles. The van der Waals surface area contributed by atoms with Gasteiger partial charge in [0.05, 0.1) is 4.90 Å². The lowest BCUT2D eigenvalue weighted by molar-refractivity contribution is 0.100. The molecule has 21 heavy (non-hydrogen) atoms. The third-order valence-electron chi connectivity index (χ3n) is 2.86. The molecule has 0 aliphatic heterocycles. The molecule has 2 aromatic carbocycles. The smallest absolute Gasteiger partial charge is 0.261 e. The first kappa shape index (κ1) is 15.0. The molecule has 110 valence electrons. The normalized spacial score (nSPS) is 11.1. The maximum atomic E-state index is 13.2. The second-order valence-corrected chi connectivity index (χ2v) is 6.14. The standard InChI is InChI=1S/C14H13FN2O3S/c1-9-8-12(6-7-13(9)15)21(19,20)17-11-4-2-10(3-5-11)14(16)18/h2-8,17H,1H3,(H2,16,18). The van der Waals surface area contributed by atoms with E-state index < -0.39 is 21.7 Å². The van der Waals surface area contributed by atoms with Crippen molar-refractivity contribution in [3.63, 3.8) is 0 Å². The summed E-state index contributed by atoms with van der Waals surface area (Å²) >= 11 is 0. The van der Waals surface area contributed by atoms with Crippen LogP contribution in [-0.2, 0) is 10.0 Å². The minimum Gasteiger partial charge on any atom is -0.366 e. The van der Waals surface area contributed by atoms with Crippen LogP contribution in [0, 0.1) is 12.7 Å². The first-order valence-corrected chi connectivity index (χ1v) is 7.47. The van der Waals surface area contributed by atoms with Gasteiger partial charge in [-0.1, -0.05) is 0 Å². The van der Waals surface area contributed by atoms with E-state index in [-0.39, 0.29) is 21.7 Å². The predicted molar refractivity (Wildman–Crippen MR) is 76.9 cm³/mol. The summed E-state index contributed by atoms with van der Waals surface area (Å²) in [5.41, 5.74) is 5.89. The van der Waals surface area contributed by atoms with Crippen LogP contribution in [0.1, 0.15) is 15.9 Å². The molecule has 0 atom stereocenters. The van der Waals surface area contributed by atoms with Crippen molar-refractivity contribution < 1.29 is 17.6 Å². The minimum absolute atomic E-state index is 0.0413. The summed E-state index contributed by atoms with van der Waals surface area (Å²) in [7, 11) is -3.82. The number of aryl methyl sites for hydroxylation is 1. The van der Waals surface area contributed by atoms with Crippen LogP contribution in [-0.4, -0.2) is 14.3 Å². The van der Waals surface area contributed by atoms with E-state index in [1.807, 2.05) is 0 Å². The number of carbonyl (C=O) groups is 1. The first-order valence-electron chi connectivity index (χ1n) is 5.98. The molecule has 5 nitrogen and oxygen atoms in total. The number of halogens is 1. The van der Waals surface area contributed by atoms with Gasteiger partial charge in [0.25, 0.3) is 10.0 Å². The second-order valence-electron chi connectivity index (χ2n) is 4.46. The van der Waals surface area contributed by atoms with E-state index in [0.29, 0.717) is 0 Å². The van der Waals surface area contributed by atoms with Crippen LogP contribution in [0.2, 0.25) is 0 Å². The molecule has 0 aromatic heterocycles. The third-order valence-corrected chi connectivity index (χ3v) is 4.24. The number of nitrogens with two attached hydrogens (primary N) is 1. The lowest BCUT2D eigenvalue weighted by Gasteiger charge is -2.09. The Morgan fingerprint density at radius 3 is 2.29 bits per heavy atom. The molecule has 0 bridgehead atoms. The molecule has 3 N–H and O–H groups in total. The molecule has 0 fully saturated rings. The highest BCUT2D eigenvalue weighted by molar-refractivity contribution is 7.92. The molecule has 7 heteroatoms. The predicted octanol–water partition coefficient (Wildman–Crippen LogP) is 2.03. The zero-order valence-corrected chi connectivity index (χ0v) is 11.9. The van der Waals surface area contributed by atoms with Crippen LogP contribution in [0.4, 0.5) is 10.1 Å². The summed E-state index contributed by atoms with van der Waals surface area (Å²) in [5, 5.41) is 0. The number of carbonyl (C=O) groups excluding carboxylic acids is 1. The van der Waals surface area contributed by atoms with Crippen LogP contribution in [0.5, 0.6) is 0 Å². The number of amides is 1. The Kier molecular flexibility index (Phi) is 3.95. The largest absolute Gasteiger partial charge is 0.366 e. The molecule has 0 aliphatic rings. The fourth-order valence-electron chi connectivity index (χ4n) is 1.70. The third kappa shape index (κ3) is 3.38. The van der Waals surface area contributed by atoms with Gasteiger partial charge in [0, 0.05) is 11.3 Å². The Bertz CT molecular complexity index is 786. The average Bonchev–Trinajstić information content (AvgIpc) is 2.42. The van der Waals surface area contributed by atoms with E-state index in [1.54, 1.807) is 0 Å². The van der Waals surface area contributed by atoms with Gasteiger partial charge in [-0.05, 0) is 55.0 Å². The van der Waals surface area contributed by atoms with Gasteiger partial charge in [0.2, 0.25) is 5.91 Å². The number of primary amides is 1. The fraction of sp³-hybridized carbons (Fsp3) is 0.0714. The fourth-order valence-corrected chi connectivity index (χ4v) is 2.84. The highest BCUT2D eigenvalue weighted by Gasteiger charge is 2.15. The molecule has 2 aromatic rings. The number of anilines is 1. The van der Waals surface area contributed by atoms with Crippen molar-refractivity contribution in [1.82, 2.24) is 0 Å². The number of benzene rings is 2. The lowest BCUT2D eigenvalue weighted by Crippen LogP contribution is -2.14. The highest BCUT2D eigenvalue weighted by atomic mass is 32.2. The zero-order chi connectivity index (χ0) is 15.6. The van der Waals surface area contributed by atoms with Gasteiger partial charge in [0.15, 0.2) is 0 Å². The van der Waals surface area contributed by atoms with E-state index in [2.05, 4.69) is 4.72 Å². The molecule has 0 radical (unpaired) electrons. The van der Waals surface area contributed by atoms with Gasteiger partial charge >= 0.3 is 0 Å². The molecule has 0 unspecified atom stereocenters. The number of rotatable bonds is 4. The van der Waals surface area contributed by atoms with Gasteiger partial charge in [-0.15, -0.1) is 0 Å². The van der Waals surface area contributed by atoms with E-state index in [9.17, 15) is 17.6 Å². The molecular weight excluding hydrogens is 295 g/mol. The summed E-state index contributed by atoms with van der Waals surface area (Å²) in [6.45, 7) is 1.48.